The van der Waals surface area contributed by atoms with Gasteiger partial charge in [0.15, 0.2) is 0 Å². The van der Waals surface area contributed by atoms with Crippen molar-refractivity contribution < 1.29 is 52.8 Å². The molecule has 0 aromatic heterocycles. The molecule has 0 saturated carbocycles. The minimum Gasteiger partial charge on any atom is -1.00 e. The van der Waals surface area contributed by atoms with Crippen LogP contribution in [0, 0.1) is 0 Å². The second kappa shape index (κ2) is 8.85. The average Bonchev–Trinajstić information content (AvgIpc) is 0.918. The standard InChI is InChI=1S/C2H8Si.K.H/c1-3-2;;/h3H2,1-2H3;;/q;+1;-1. The molecule has 22 valence electrons. The Kier molecular flexibility index (Phi) is 20.5. The van der Waals surface area contributed by atoms with Crippen molar-refractivity contribution in [2.75, 3.05) is 0 Å². The molecular formula is C2H9KSi. The molecule has 0 rings (SSSR count). The third kappa shape index (κ3) is 9.13. The van der Waals surface area contributed by atoms with E-state index in [1.165, 1.54) is 0 Å². The zero-order chi connectivity index (χ0) is 2.71. The zero-order valence-electron chi connectivity index (χ0n) is 4.71. The quantitative estimate of drug-likeness (QED) is 0.292. The van der Waals surface area contributed by atoms with Crippen LogP contribution in [0.4, 0.5) is 0 Å². The van der Waals surface area contributed by atoms with Crippen LogP contribution in [0.3, 0.4) is 0 Å². The molecule has 2 heteroatoms. The smallest absolute Gasteiger partial charge is 1.00 e. The van der Waals surface area contributed by atoms with E-state index in [2.05, 4.69) is 13.1 Å². The Balaban J connectivity index is -0.0000000200. The maximum atomic E-state index is 2.26. The van der Waals surface area contributed by atoms with Crippen LogP contribution in [0.2, 0.25) is 13.1 Å². The molecule has 0 nitrogen and oxygen atoms in total. The van der Waals surface area contributed by atoms with Crippen LogP contribution in [0.1, 0.15) is 1.43 Å². The predicted molar refractivity (Wildman–Crippen MR) is 21.4 cm³/mol. The Labute approximate surface area is 74.1 Å². The number of rotatable bonds is 0. The molecule has 0 aromatic rings. The van der Waals surface area contributed by atoms with Gasteiger partial charge in [0.25, 0.3) is 0 Å². The van der Waals surface area contributed by atoms with Crippen LogP contribution < -0.4 is 51.4 Å². The van der Waals surface area contributed by atoms with E-state index in [1.54, 1.807) is 0 Å². The summed E-state index contributed by atoms with van der Waals surface area (Å²) in [5.74, 6) is 0. The van der Waals surface area contributed by atoms with Crippen LogP contribution >= 0.6 is 0 Å². The van der Waals surface area contributed by atoms with Crippen molar-refractivity contribution in [3.05, 3.63) is 0 Å². The summed E-state index contributed by atoms with van der Waals surface area (Å²) in [7, 11) is 0.417. The van der Waals surface area contributed by atoms with Crippen LogP contribution in [-0.4, -0.2) is 9.52 Å². The largest absolute Gasteiger partial charge is 1.00 e. The monoisotopic (exact) mass is 100 g/mol. The molecule has 0 aromatic carbocycles. The van der Waals surface area contributed by atoms with Crippen LogP contribution in [-0.2, 0) is 0 Å². The Bertz CT molecular complexity index is 9.61. The van der Waals surface area contributed by atoms with Gasteiger partial charge in [-0.15, -0.1) is 0 Å². The fourth-order valence-corrected chi connectivity index (χ4v) is 0. The van der Waals surface area contributed by atoms with E-state index < -0.39 is 0 Å². The van der Waals surface area contributed by atoms with Gasteiger partial charge in [-0.05, 0) is 0 Å². The summed E-state index contributed by atoms with van der Waals surface area (Å²) < 4.78 is 0. The van der Waals surface area contributed by atoms with Gasteiger partial charge >= 0.3 is 51.4 Å². The second-order valence-electron chi connectivity index (χ2n) is 0.707. The average molecular weight is 100 g/mol. The van der Waals surface area contributed by atoms with Crippen molar-refractivity contribution in [1.82, 2.24) is 0 Å². The van der Waals surface area contributed by atoms with Crippen molar-refractivity contribution in [2.45, 2.75) is 13.1 Å². The van der Waals surface area contributed by atoms with Gasteiger partial charge in [0.2, 0.25) is 0 Å². The van der Waals surface area contributed by atoms with Crippen molar-refractivity contribution in [1.29, 1.82) is 0 Å². The van der Waals surface area contributed by atoms with E-state index >= 15 is 0 Å². The van der Waals surface area contributed by atoms with E-state index in [0.29, 0.717) is 9.52 Å². The topological polar surface area (TPSA) is 0 Å². The molecule has 0 unspecified atom stereocenters. The summed E-state index contributed by atoms with van der Waals surface area (Å²) in [5.41, 5.74) is 0. The molecule has 4 heavy (non-hydrogen) atoms. The first-order valence-corrected chi connectivity index (χ1v) is 4.24. The first-order chi connectivity index (χ1) is 1.41. The number of hydrogen-bond acceptors (Lipinski definition) is 0. The molecule has 0 radical (unpaired) electrons. The molecule has 0 heterocycles. The van der Waals surface area contributed by atoms with Gasteiger partial charge in [-0.2, -0.15) is 0 Å². The Morgan fingerprint density at radius 2 is 1.50 bits per heavy atom. The van der Waals surface area contributed by atoms with Crippen molar-refractivity contribution in [2.24, 2.45) is 0 Å². The summed E-state index contributed by atoms with van der Waals surface area (Å²) in [6, 6.07) is 0. The predicted octanol–water partition coefficient (Wildman–Crippen LogP) is -2.63. The van der Waals surface area contributed by atoms with Crippen LogP contribution in [0.25, 0.3) is 0 Å². The first kappa shape index (κ1) is 9.29. The second-order valence-corrected chi connectivity index (χ2v) is 2.12. The normalized spacial score (nSPS) is 4.50. The molecule has 0 N–H and O–H groups in total. The van der Waals surface area contributed by atoms with E-state index in [4.69, 9.17) is 0 Å². The van der Waals surface area contributed by atoms with Crippen molar-refractivity contribution in [3.8, 4) is 0 Å². The summed E-state index contributed by atoms with van der Waals surface area (Å²) in [6.45, 7) is 4.53. The third-order valence-electron chi connectivity index (χ3n) is 0. The SMILES string of the molecule is C[SiH2]C.[H-].[K+]. The zero-order valence-corrected chi connectivity index (χ0v) is 8.24. The molecule has 0 fully saturated rings. The minimum atomic E-state index is 0. The minimum absolute atomic E-state index is 0. The molecule has 0 bridgehead atoms. The van der Waals surface area contributed by atoms with Crippen LogP contribution in [0.5, 0.6) is 0 Å². The fourth-order valence-electron chi connectivity index (χ4n) is 0. The molecule has 0 spiro atoms. The van der Waals surface area contributed by atoms with Gasteiger partial charge in [-0.3, -0.25) is 0 Å². The summed E-state index contributed by atoms with van der Waals surface area (Å²) in [6.07, 6.45) is 0. The van der Waals surface area contributed by atoms with E-state index in [9.17, 15) is 0 Å². The molecule has 0 atom stereocenters. The van der Waals surface area contributed by atoms with Gasteiger partial charge in [-0.1, -0.05) is 13.1 Å². The number of hydrogen-bond donors (Lipinski definition) is 0. The van der Waals surface area contributed by atoms with Crippen molar-refractivity contribution in [3.63, 3.8) is 0 Å². The van der Waals surface area contributed by atoms with Gasteiger partial charge in [0.05, 0.1) is 0 Å². The van der Waals surface area contributed by atoms with E-state index in [1.807, 2.05) is 0 Å². The van der Waals surface area contributed by atoms with Gasteiger partial charge in [0.1, 0.15) is 0 Å². The molecular weight excluding hydrogens is 91.2 g/mol. The fraction of sp³-hybridized carbons (Fsp3) is 1.00. The molecule has 0 amide bonds. The molecule has 0 aliphatic carbocycles. The van der Waals surface area contributed by atoms with E-state index in [0.717, 1.165) is 0 Å². The molecule has 0 saturated heterocycles. The molecule has 0 aliphatic heterocycles. The Morgan fingerprint density at radius 3 is 1.50 bits per heavy atom. The maximum Gasteiger partial charge on any atom is 1.00 e. The summed E-state index contributed by atoms with van der Waals surface area (Å²) in [4.78, 5) is 0. The van der Waals surface area contributed by atoms with Crippen molar-refractivity contribution >= 4 is 9.52 Å². The maximum absolute atomic E-state index is 2.26. The third-order valence-corrected chi connectivity index (χ3v) is 0. The molecule has 0 aliphatic rings. The Morgan fingerprint density at radius 1 is 1.50 bits per heavy atom. The first-order valence-electron chi connectivity index (χ1n) is 1.41. The van der Waals surface area contributed by atoms with Gasteiger partial charge < -0.3 is 1.43 Å². The van der Waals surface area contributed by atoms with Crippen LogP contribution in [0.15, 0.2) is 0 Å². The van der Waals surface area contributed by atoms with Gasteiger partial charge in [0, 0.05) is 9.52 Å². The Hall–Kier alpha value is 1.85. The van der Waals surface area contributed by atoms with E-state index in [-0.39, 0.29) is 52.8 Å². The summed E-state index contributed by atoms with van der Waals surface area (Å²) in [5, 5.41) is 0. The van der Waals surface area contributed by atoms with Gasteiger partial charge in [-0.25, -0.2) is 0 Å². The summed E-state index contributed by atoms with van der Waals surface area (Å²) >= 11 is 0.